The number of methoxy groups -OCH3 is 1. The minimum absolute atomic E-state index is 0.211. The highest BCUT2D eigenvalue weighted by Gasteiger charge is 2.19. The average Bonchev–Trinajstić information content (AvgIpc) is 3.43. The van der Waals surface area contributed by atoms with E-state index < -0.39 is 0 Å². The zero-order chi connectivity index (χ0) is 18.6. The fraction of sp³-hybridized carbons (Fsp3) is 0.412. The summed E-state index contributed by atoms with van der Waals surface area (Å²) in [5, 5.41) is 15.8. The van der Waals surface area contributed by atoms with E-state index in [2.05, 4.69) is 36.8 Å². The minimum Gasteiger partial charge on any atom is -0.496 e. The van der Waals surface area contributed by atoms with Gasteiger partial charge in [-0.25, -0.2) is 9.67 Å². The van der Waals surface area contributed by atoms with E-state index in [1.54, 1.807) is 30.2 Å². The van der Waals surface area contributed by atoms with Gasteiger partial charge in [-0.15, -0.1) is 16.4 Å². The first kappa shape index (κ1) is 18.9. The molecule has 1 saturated heterocycles. The van der Waals surface area contributed by atoms with Crippen molar-refractivity contribution in [1.29, 1.82) is 0 Å². The molecule has 0 spiro atoms. The molecular weight excluding hydrogens is 450 g/mol. The maximum Gasteiger partial charge on any atom is 0.209 e. The predicted octanol–water partition coefficient (Wildman–Crippen LogP) is 4.04. The lowest BCUT2D eigenvalue weighted by atomic mass is 10.2. The number of thiazole rings is 1. The summed E-state index contributed by atoms with van der Waals surface area (Å²) in [6.07, 6.45) is 2.38. The Kier molecular flexibility index (Phi) is 6.06. The van der Waals surface area contributed by atoms with Gasteiger partial charge in [0.2, 0.25) is 5.16 Å². The Morgan fingerprint density at radius 2 is 2.37 bits per heavy atom. The highest BCUT2D eigenvalue weighted by molar-refractivity contribution is 9.10. The first-order valence-corrected chi connectivity index (χ1v) is 11.2. The quantitative estimate of drug-likeness (QED) is 0.485. The SMILES string of the molecule is COc1ccc(Br)cc1-c1nc(CSc2nnnn2C[C@@H]2CCCO2)cs1. The van der Waals surface area contributed by atoms with Gasteiger partial charge < -0.3 is 9.47 Å². The van der Waals surface area contributed by atoms with E-state index in [1.807, 2.05) is 22.9 Å². The van der Waals surface area contributed by atoms with Gasteiger partial charge in [-0.1, -0.05) is 27.7 Å². The van der Waals surface area contributed by atoms with E-state index in [1.165, 1.54) is 0 Å². The van der Waals surface area contributed by atoms with Gasteiger partial charge >= 0.3 is 0 Å². The fourth-order valence-corrected chi connectivity index (χ4v) is 4.96. The molecule has 3 aromatic rings. The standard InChI is InChI=1S/C17H18BrN5O2S2/c1-24-15-5-4-11(18)7-14(15)16-19-12(9-26-16)10-27-17-20-21-22-23(17)8-13-3-2-6-25-13/h4-5,7,9,13H,2-3,6,8,10H2,1H3/t13-/m0/s1. The molecule has 4 rings (SSSR count). The molecule has 3 heterocycles. The molecule has 0 saturated carbocycles. The molecule has 27 heavy (non-hydrogen) atoms. The monoisotopic (exact) mass is 467 g/mol. The van der Waals surface area contributed by atoms with Crippen LogP contribution >= 0.6 is 39.0 Å². The topological polar surface area (TPSA) is 75.0 Å². The third-order valence-corrected chi connectivity index (χ3v) is 6.60. The normalized spacial score (nSPS) is 16.7. The number of halogens is 1. The summed E-state index contributed by atoms with van der Waals surface area (Å²) < 4.78 is 14.0. The summed E-state index contributed by atoms with van der Waals surface area (Å²) in [5.74, 6) is 1.52. The molecule has 1 aromatic carbocycles. The van der Waals surface area contributed by atoms with Crippen LogP contribution < -0.4 is 4.74 Å². The van der Waals surface area contributed by atoms with Crippen LogP contribution in [-0.2, 0) is 17.0 Å². The van der Waals surface area contributed by atoms with Gasteiger partial charge in [0.25, 0.3) is 0 Å². The summed E-state index contributed by atoms with van der Waals surface area (Å²) >= 11 is 6.70. The Morgan fingerprint density at radius 3 is 3.19 bits per heavy atom. The first-order chi connectivity index (χ1) is 13.2. The first-order valence-electron chi connectivity index (χ1n) is 8.52. The van der Waals surface area contributed by atoms with Crippen LogP contribution in [0.4, 0.5) is 0 Å². The van der Waals surface area contributed by atoms with Gasteiger partial charge in [-0.2, -0.15) is 0 Å². The van der Waals surface area contributed by atoms with Gasteiger partial charge in [0.1, 0.15) is 10.8 Å². The third kappa shape index (κ3) is 4.50. The molecule has 7 nitrogen and oxygen atoms in total. The molecule has 0 N–H and O–H groups in total. The molecule has 1 fully saturated rings. The summed E-state index contributed by atoms with van der Waals surface area (Å²) in [4.78, 5) is 4.76. The van der Waals surface area contributed by atoms with Crippen LogP contribution in [0.3, 0.4) is 0 Å². The lowest BCUT2D eigenvalue weighted by Crippen LogP contribution is -2.16. The van der Waals surface area contributed by atoms with Crippen molar-refractivity contribution in [2.75, 3.05) is 13.7 Å². The number of nitrogens with zero attached hydrogens (tertiary/aromatic N) is 5. The molecule has 0 unspecified atom stereocenters. The fourth-order valence-electron chi connectivity index (χ4n) is 2.88. The Labute approximate surface area is 173 Å². The Balaban J connectivity index is 1.43. The maximum atomic E-state index is 5.68. The largest absolute Gasteiger partial charge is 0.496 e. The number of rotatable bonds is 7. The number of ether oxygens (including phenoxy) is 2. The number of benzene rings is 1. The predicted molar refractivity (Wildman–Crippen MR) is 108 cm³/mol. The molecule has 1 aliphatic rings. The van der Waals surface area contributed by atoms with Crippen LogP contribution in [0.1, 0.15) is 18.5 Å². The second-order valence-electron chi connectivity index (χ2n) is 6.06. The van der Waals surface area contributed by atoms with Crippen molar-refractivity contribution >= 4 is 39.0 Å². The van der Waals surface area contributed by atoms with Gasteiger partial charge in [0.05, 0.1) is 31.0 Å². The van der Waals surface area contributed by atoms with E-state index in [0.717, 1.165) is 51.1 Å². The molecule has 0 bridgehead atoms. The second kappa shape index (κ2) is 8.68. The lowest BCUT2D eigenvalue weighted by Gasteiger charge is -2.09. The third-order valence-electron chi connectivity index (χ3n) is 4.19. The molecule has 2 aromatic heterocycles. The smallest absolute Gasteiger partial charge is 0.209 e. The van der Waals surface area contributed by atoms with Crippen molar-refractivity contribution < 1.29 is 9.47 Å². The van der Waals surface area contributed by atoms with Crippen LogP contribution in [0.5, 0.6) is 5.75 Å². The van der Waals surface area contributed by atoms with Crippen molar-refractivity contribution in [3.05, 3.63) is 33.7 Å². The lowest BCUT2D eigenvalue weighted by molar-refractivity contribution is 0.0912. The molecule has 1 aliphatic heterocycles. The van der Waals surface area contributed by atoms with Crippen LogP contribution in [-0.4, -0.2) is 45.0 Å². The number of aromatic nitrogens is 5. The highest BCUT2D eigenvalue weighted by Crippen LogP contribution is 2.35. The van der Waals surface area contributed by atoms with E-state index >= 15 is 0 Å². The van der Waals surface area contributed by atoms with E-state index in [-0.39, 0.29) is 6.10 Å². The molecule has 10 heteroatoms. The molecular formula is C17H18BrN5O2S2. The molecule has 0 aliphatic carbocycles. The summed E-state index contributed by atoms with van der Waals surface area (Å²) in [6, 6.07) is 5.92. The van der Waals surface area contributed by atoms with Gasteiger partial charge in [0.15, 0.2) is 0 Å². The van der Waals surface area contributed by atoms with E-state index in [4.69, 9.17) is 14.5 Å². The van der Waals surface area contributed by atoms with Crippen molar-refractivity contribution in [3.8, 4) is 16.3 Å². The van der Waals surface area contributed by atoms with E-state index in [9.17, 15) is 0 Å². The van der Waals surface area contributed by atoms with Gasteiger partial charge in [-0.3, -0.25) is 0 Å². The van der Waals surface area contributed by atoms with Gasteiger partial charge in [-0.05, 0) is 41.5 Å². The van der Waals surface area contributed by atoms with Crippen molar-refractivity contribution in [3.63, 3.8) is 0 Å². The summed E-state index contributed by atoms with van der Waals surface area (Å²) in [6.45, 7) is 1.53. The number of hydrogen-bond acceptors (Lipinski definition) is 8. The molecule has 0 radical (unpaired) electrons. The molecule has 0 amide bonds. The number of thioether (sulfide) groups is 1. The van der Waals surface area contributed by atoms with Crippen LogP contribution in [0, 0.1) is 0 Å². The zero-order valence-corrected chi connectivity index (χ0v) is 17.9. The number of hydrogen-bond donors (Lipinski definition) is 0. The summed E-state index contributed by atoms with van der Waals surface area (Å²) in [5.41, 5.74) is 1.98. The van der Waals surface area contributed by atoms with Crippen molar-refractivity contribution in [2.45, 2.75) is 36.4 Å². The number of tetrazole rings is 1. The maximum absolute atomic E-state index is 5.68. The Morgan fingerprint density at radius 1 is 1.44 bits per heavy atom. The molecule has 142 valence electrons. The van der Waals surface area contributed by atoms with Gasteiger partial charge in [0, 0.05) is 22.2 Å². The summed E-state index contributed by atoms with van der Waals surface area (Å²) in [7, 11) is 1.67. The Bertz CT molecular complexity index is 910. The Hall–Kier alpha value is -1.49. The average molecular weight is 468 g/mol. The van der Waals surface area contributed by atoms with Crippen molar-refractivity contribution in [2.24, 2.45) is 0 Å². The van der Waals surface area contributed by atoms with Crippen molar-refractivity contribution in [1.82, 2.24) is 25.2 Å². The highest BCUT2D eigenvalue weighted by atomic mass is 79.9. The zero-order valence-electron chi connectivity index (χ0n) is 14.7. The minimum atomic E-state index is 0.211. The van der Waals surface area contributed by atoms with Crippen LogP contribution in [0.25, 0.3) is 10.6 Å². The van der Waals surface area contributed by atoms with Crippen LogP contribution in [0.2, 0.25) is 0 Å². The van der Waals surface area contributed by atoms with E-state index in [0.29, 0.717) is 12.3 Å². The van der Waals surface area contributed by atoms with Crippen LogP contribution in [0.15, 0.2) is 33.2 Å². The molecule has 1 atom stereocenters. The second-order valence-corrected chi connectivity index (χ2v) is 8.77.